The van der Waals surface area contributed by atoms with E-state index < -0.39 is 0 Å². The highest BCUT2D eigenvalue weighted by molar-refractivity contribution is 7.22. The molecule has 5 nitrogen and oxygen atoms in total. The lowest BCUT2D eigenvalue weighted by atomic mass is 9.93. The summed E-state index contributed by atoms with van der Waals surface area (Å²) in [5.41, 5.74) is 1.56. The molecule has 0 fully saturated rings. The summed E-state index contributed by atoms with van der Waals surface area (Å²) in [6.45, 7) is 1.97. The number of anilines is 2. The Hall–Kier alpha value is -2.51. The Labute approximate surface area is 165 Å². The first kappa shape index (κ1) is 17.9. The van der Waals surface area contributed by atoms with Gasteiger partial charge in [0.1, 0.15) is 0 Å². The fraction of sp³-hybridized carbons (Fsp3) is 0.250. The minimum absolute atomic E-state index is 0.0382. The summed E-state index contributed by atoms with van der Waals surface area (Å²) in [4.78, 5) is 30.9. The lowest BCUT2D eigenvalue weighted by molar-refractivity contribution is -0.120. The third kappa shape index (κ3) is 4.09. The molecule has 27 heavy (non-hydrogen) atoms. The molecule has 1 atom stereocenters. The molecule has 0 bridgehead atoms. The number of carbonyl (C=O) groups excluding carboxylic acids is 2. The van der Waals surface area contributed by atoms with E-state index in [1.165, 1.54) is 22.7 Å². The Morgan fingerprint density at radius 2 is 2.00 bits per heavy atom. The van der Waals surface area contributed by atoms with Crippen molar-refractivity contribution in [3.05, 3.63) is 52.2 Å². The first-order valence-corrected chi connectivity index (χ1v) is 10.5. The van der Waals surface area contributed by atoms with Crippen molar-refractivity contribution in [3.8, 4) is 0 Å². The molecular formula is C20H19N3O2S2. The zero-order chi connectivity index (χ0) is 18.8. The number of carbonyl (C=O) groups is 2. The van der Waals surface area contributed by atoms with Gasteiger partial charge in [-0.25, -0.2) is 4.98 Å². The number of amides is 2. The fourth-order valence-electron chi connectivity index (χ4n) is 3.05. The number of thiazole rings is 1. The van der Waals surface area contributed by atoms with Gasteiger partial charge in [0.25, 0.3) is 5.91 Å². The number of thiophene rings is 1. The van der Waals surface area contributed by atoms with Gasteiger partial charge in [-0.3, -0.25) is 14.9 Å². The van der Waals surface area contributed by atoms with Crippen LogP contribution in [0.2, 0.25) is 0 Å². The topological polar surface area (TPSA) is 71.1 Å². The largest absolute Gasteiger partial charge is 0.326 e. The normalized spacial score (nSPS) is 16.4. The fourth-order valence-corrected chi connectivity index (χ4v) is 4.71. The molecule has 1 aromatic carbocycles. The number of nitrogens with zero attached hydrogens (tertiary/aromatic N) is 1. The number of allylic oxidation sites excluding steroid dienone is 2. The number of benzene rings is 1. The standard InChI is InChI=1S/C20H19N3O2S2/c1-12-7-10-16(26-12)19(25)23-20-22-15-9-8-14(11-17(15)27-20)21-18(24)13-5-3-2-4-6-13/h2-3,7-11,13H,4-6H2,1H3,(H,21,24)(H,22,23,25)/t13-/m0/s1. The second kappa shape index (κ2) is 7.62. The van der Waals surface area contributed by atoms with E-state index in [0.29, 0.717) is 10.0 Å². The number of hydrogen-bond acceptors (Lipinski definition) is 5. The van der Waals surface area contributed by atoms with E-state index in [-0.39, 0.29) is 17.7 Å². The molecule has 0 saturated carbocycles. The molecule has 1 aliphatic rings. The van der Waals surface area contributed by atoms with Gasteiger partial charge in [-0.1, -0.05) is 23.5 Å². The zero-order valence-corrected chi connectivity index (χ0v) is 16.5. The number of nitrogens with one attached hydrogen (secondary N) is 2. The van der Waals surface area contributed by atoms with E-state index in [4.69, 9.17) is 0 Å². The highest BCUT2D eigenvalue weighted by Gasteiger charge is 2.19. The van der Waals surface area contributed by atoms with Gasteiger partial charge in [0.2, 0.25) is 5.91 Å². The highest BCUT2D eigenvalue weighted by atomic mass is 32.1. The second-order valence-corrected chi connectivity index (χ2v) is 8.86. The van der Waals surface area contributed by atoms with Gasteiger partial charge in [-0.05, 0) is 56.5 Å². The summed E-state index contributed by atoms with van der Waals surface area (Å²) in [5.74, 6) is -0.0490. The SMILES string of the molecule is Cc1ccc(C(=O)Nc2nc3ccc(NC(=O)[C@H]4CC=CCC4)cc3s2)s1. The Kier molecular flexibility index (Phi) is 5.05. The van der Waals surface area contributed by atoms with E-state index >= 15 is 0 Å². The average Bonchev–Trinajstić information content (AvgIpc) is 3.27. The van der Waals surface area contributed by atoms with Crippen LogP contribution < -0.4 is 10.6 Å². The minimum Gasteiger partial charge on any atom is -0.326 e. The maximum absolute atomic E-state index is 12.4. The van der Waals surface area contributed by atoms with Crippen LogP contribution >= 0.6 is 22.7 Å². The van der Waals surface area contributed by atoms with Crippen LogP contribution in [0.5, 0.6) is 0 Å². The van der Waals surface area contributed by atoms with Crippen LogP contribution in [0.15, 0.2) is 42.5 Å². The van der Waals surface area contributed by atoms with Gasteiger partial charge in [-0.2, -0.15) is 0 Å². The summed E-state index contributed by atoms with van der Waals surface area (Å²) in [7, 11) is 0. The van der Waals surface area contributed by atoms with Crippen molar-refractivity contribution in [3.63, 3.8) is 0 Å². The molecule has 2 amide bonds. The van der Waals surface area contributed by atoms with Gasteiger partial charge in [0, 0.05) is 16.5 Å². The summed E-state index contributed by atoms with van der Waals surface area (Å²) in [6.07, 6.45) is 6.85. The van der Waals surface area contributed by atoms with Crippen molar-refractivity contribution < 1.29 is 9.59 Å². The molecule has 138 valence electrons. The highest BCUT2D eigenvalue weighted by Crippen LogP contribution is 2.30. The van der Waals surface area contributed by atoms with E-state index in [2.05, 4.69) is 27.8 Å². The zero-order valence-electron chi connectivity index (χ0n) is 14.8. The Morgan fingerprint density at radius 3 is 2.74 bits per heavy atom. The molecule has 4 rings (SSSR count). The molecule has 0 saturated heterocycles. The van der Waals surface area contributed by atoms with Crippen LogP contribution in [-0.4, -0.2) is 16.8 Å². The predicted octanol–water partition coefficient (Wildman–Crippen LogP) is 5.21. The molecule has 0 unspecified atom stereocenters. The van der Waals surface area contributed by atoms with Gasteiger partial charge in [-0.15, -0.1) is 11.3 Å². The summed E-state index contributed by atoms with van der Waals surface area (Å²) >= 11 is 2.86. The summed E-state index contributed by atoms with van der Waals surface area (Å²) < 4.78 is 0.925. The molecule has 3 aromatic rings. The minimum atomic E-state index is -0.147. The van der Waals surface area contributed by atoms with Crippen LogP contribution in [0.1, 0.15) is 33.8 Å². The van der Waals surface area contributed by atoms with Gasteiger partial charge in [0.15, 0.2) is 5.13 Å². The van der Waals surface area contributed by atoms with E-state index in [1.807, 2.05) is 37.3 Å². The van der Waals surface area contributed by atoms with Gasteiger partial charge < -0.3 is 5.32 Å². The Bertz CT molecular complexity index is 1030. The van der Waals surface area contributed by atoms with E-state index in [9.17, 15) is 9.59 Å². The van der Waals surface area contributed by atoms with Crippen LogP contribution in [-0.2, 0) is 4.79 Å². The first-order chi connectivity index (χ1) is 13.1. The lowest BCUT2D eigenvalue weighted by Crippen LogP contribution is -2.23. The Balaban J connectivity index is 1.47. The van der Waals surface area contributed by atoms with Gasteiger partial charge in [0.05, 0.1) is 15.1 Å². The molecule has 2 heterocycles. The van der Waals surface area contributed by atoms with Crippen LogP contribution in [0.25, 0.3) is 10.2 Å². The molecule has 0 radical (unpaired) electrons. The van der Waals surface area contributed by atoms with Crippen molar-refractivity contribution in [2.45, 2.75) is 26.2 Å². The van der Waals surface area contributed by atoms with Crippen molar-refractivity contribution in [1.82, 2.24) is 4.98 Å². The van der Waals surface area contributed by atoms with Crippen molar-refractivity contribution in [2.75, 3.05) is 10.6 Å². The monoisotopic (exact) mass is 397 g/mol. The number of aromatic nitrogens is 1. The molecule has 0 aliphatic heterocycles. The predicted molar refractivity (Wildman–Crippen MR) is 112 cm³/mol. The lowest BCUT2D eigenvalue weighted by Gasteiger charge is -2.17. The number of rotatable bonds is 4. The van der Waals surface area contributed by atoms with E-state index in [1.54, 1.807) is 0 Å². The van der Waals surface area contributed by atoms with Crippen LogP contribution in [0, 0.1) is 12.8 Å². The quantitative estimate of drug-likeness (QED) is 0.594. The molecule has 2 N–H and O–H groups in total. The molecule has 0 spiro atoms. The number of fused-ring (bicyclic) bond motifs is 1. The molecule has 7 heteroatoms. The smallest absolute Gasteiger partial charge is 0.267 e. The van der Waals surface area contributed by atoms with Crippen molar-refractivity contribution in [1.29, 1.82) is 0 Å². The summed E-state index contributed by atoms with van der Waals surface area (Å²) in [5, 5.41) is 6.42. The number of aryl methyl sites for hydroxylation is 1. The average molecular weight is 398 g/mol. The van der Waals surface area contributed by atoms with Crippen molar-refractivity contribution in [2.24, 2.45) is 5.92 Å². The number of hydrogen-bond donors (Lipinski definition) is 2. The maximum atomic E-state index is 12.4. The third-order valence-corrected chi connectivity index (χ3v) is 6.41. The summed E-state index contributed by atoms with van der Waals surface area (Å²) in [6, 6.07) is 9.38. The van der Waals surface area contributed by atoms with Crippen molar-refractivity contribution >= 4 is 55.5 Å². The van der Waals surface area contributed by atoms with Gasteiger partial charge >= 0.3 is 0 Å². The second-order valence-electron chi connectivity index (χ2n) is 6.54. The molecule has 1 aliphatic carbocycles. The first-order valence-electron chi connectivity index (χ1n) is 8.83. The molecule has 2 aromatic heterocycles. The van der Waals surface area contributed by atoms with Crippen LogP contribution in [0.4, 0.5) is 10.8 Å². The maximum Gasteiger partial charge on any atom is 0.267 e. The third-order valence-electron chi connectivity index (χ3n) is 4.48. The van der Waals surface area contributed by atoms with E-state index in [0.717, 1.165) is 40.0 Å². The molecular weight excluding hydrogens is 378 g/mol. The Morgan fingerprint density at radius 1 is 1.11 bits per heavy atom. The van der Waals surface area contributed by atoms with Crippen LogP contribution in [0.3, 0.4) is 0 Å².